The van der Waals surface area contributed by atoms with Crippen LogP contribution >= 0.6 is 11.8 Å². The average Bonchev–Trinajstić information content (AvgIpc) is 2.66. The van der Waals surface area contributed by atoms with Crippen LogP contribution < -0.4 is 10.6 Å². The van der Waals surface area contributed by atoms with E-state index in [0.717, 1.165) is 36.7 Å². The van der Waals surface area contributed by atoms with Crippen LogP contribution in [0.25, 0.3) is 0 Å². The highest BCUT2D eigenvalue weighted by Crippen LogP contribution is 2.24. The van der Waals surface area contributed by atoms with E-state index in [9.17, 15) is 4.39 Å². The summed E-state index contributed by atoms with van der Waals surface area (Å²) < 4.78 is 13.3. The van der Waals surface area contributed by atoms with Crippen LogP contribution in [0.5, 0.6) is 0 Å². The molecule has 0 saturated carbocycles. The zero-order valence-corrected chi connectivity index (χ0v) is 10.8. The van der Waals surface area contributed by atoms with Gasteiger partial charge in [0.2, 0.25) is 0 Å². The quantitative estimate of drug-likeness (QED) is 0.372. The molecule has 98 valence electrons. The molecule has 1 aliphatic rings. The van der Waals surface area contributed by atoms with Gasteiger partial charge >= 0.3 is 0 Å². The molecule has 1 fully saturated rings. The minimum Gasteiger partial charge on any atom is -0.409 e. The van der Waals surface area contributed by atoms with Gasteiger partial charge in [-0.2, -0.15) is 11.8 Å². The number of oxime groups is 1. The van der Waals surface area contributed by atoms with E-state index in [1.165, 1.54) is 12.1 Å². The first-order valence-electron chi connectivity index (χ1n) is 5.82. The molecule has 0 spiro atoms. The average molecular weight is 269 g/mol. The Bertz CT molecular complexity index is 445. The van der Waals surface area contributed by atoms with E-state index >= 15 is 0 Å². The fraction of sp³-hybridized carbons (Fsp3) is 0.417. The summed E-state index contributed by atoms with van der Waals surface area (Å²) in [5, 5.41) is 11.8. The highest BCUT2D eigenvalue weighted by atomic mass is 32.2. The smallest absolute Gasteiger partial charge is 0.172 e. The van der Waals surface area contributed by atoms with Gasteiger partial charge in [0.05, 0.1) is 0 Å². The van der Waals surface area contributed by atoms with Crippen LogP contribution in [0.15, 0.2) is 23.4 Å². The van der Waals surface area contributed by atoms with E-state index in [0.29, 0.717) is 5.56 Å². The van der Waals surface area contributed by atoms with Crippen molar-refractivity contribution in [1.29, 1.82) is 0 Å². The van der Waals surface area contributed by atoms with Crippen LogP contribution in [0.1, 0.15) is 12.0 Å². The number of hydrogen-bond acceptors (Lipinski definition) is 4. The lowest BCUT2D eigenvalue weighted by Gasteiger charge is -2.24. The summed E-state index contributed by atoms with van der Waals surface area (Å²) in [5.41, 5.74) is 6.89. The molecular formula is C12H16FN3OS. The fourth-order valence-electron chi connectivity index (χ4n) is 2.03. The molecular weight excluding hydrogens is 253 g/mol. The van der Waals surface area contributed by atoms with E-state index in [1.807, 2.05) is 11.8 Å². The number of hydrogen-bond donors (Lipinski definition) is 2. The second-order valence-corrected chi connectivity index (χ2v) is 5.32. The van der Waals surface area contributed by atoms with Crippen molar-refractivity contribution in [3.63, 3.8) is 0 Å². The molecule has 1 saturated heterocycles. The van der Waals surface area contributed by atoms with Gasteiger partial charge in [-0.05, 0) is 30.4 Å². The number of thioether (sulfide) groups is 1. The molecule has 1 aromatic carbocycles. The molecule has 0 bridgehead atoms. The summed E-state index contributed by atoms with van der Waals surface area (Å²) in [7, 11) is 0. The molecule has 0 aromatic heterocycles. The summed E-state index contributed by atoms with van der Waals surface area (Å²) in [6.45, 7) is 1.80. The number of amidine groups is 1. The number of benzene rings is 1. The number of rotatable bonds is 2. The van der Waals surface area contributed by atoms with Gasteiger partial charge in [-0.3, -0.25) is 0 Å². The van der Waals surface area contributed by atoms with E-state index in [4.69, 9.17) is 10.9 Å². The maximum atomic E-state index is 13.3. The van der Waals surface area contributed by atoms with Gasteiger partial charge in [0.25, 0.3) is 0 Å². The molecule has 0 atom stereocenters. The van der Waals surface area contributed by atoms with Gasteiger partial charge in [0.15, 0.2) is 5.84 Å². The zero-order valence-electron chi connectivity index (χ0n) is 9.97. The molecule has 0 amide bonds. The Labute approximate surface area is 110 Å². The van der Waals surface area contributed by atoms with E-state index in [-0.39, 0.29) is 11.7 Å². The monoisotopic (exact) mass is 269 g/mol. The predicted octanol–water partition coefficient (Wildman–Crippen LogP) is 1.86. The number of anilines is 1. The minimum atomic E-state index is -0.385. The van der Waals surface area contributed by atoms with Crippen molar-refractivity contribution in [2.45, 2.75) is 6.42 Å². The molecule has 1 aromatic rings. The lowest BCUT2D eigenvalue weighted by Crippen LogP contribution is -2.28. The van der Waals surface area contributed by atoms with Crippen LogP contribution in [0, 0.1) is 5.82 Å². The van der Waals surface area contributed by atoms with Gasteiger partial charge in [-0.25, -0.2) is 4.39 Å². The van der Waals surface area contributed by atoms with Crippen LogP contribution in [0.3, 0.4) is 0 Å². The van der Waals surface area contributed by atoms with Crippen LogP contribution in [-0.2, 0) is 0 Å². The topological polar surface area (TPSA) is 61.9 Å². The third-order valence-electron chi connectivity index (χ3n) is 2.91. The summed E-state index contributed by atoms with van der Waals surface area (Å²) >= 11 is 1.91. The van der Waals surface area contributed by atoms with E-state index < -0.39 is 0 Å². The lowest BCUT2D eigenvalue weighted by atomic mass is 10.1. The number of nitrogens with two attached hydrogens (primary N) is 1. The Hall–Kier alpha value is -1.43. The van der Waals surface area contributed by atoms with Gasteiger partial charge in [0, 0.05) is 30.1 Å². The Morgan fingerprint density at radius 2 is 2.22 bits per heavy atom. The van der Waals surface area contributed by atoms with Crippen molar-refractivity contribution >= 4 is 23.3 Å². The molecule has 0 aliphatic carbocycles. The summed E-state index contributed by atoms with van der Waals surface area (Å²) in [6.07, 6.45) is 1.08. The Morgan fingerprint density at radius 3 is 3.00 bits per heavy atom. The van der Waals surface area contributed by atoms with Gasteiger partial charge < -0.3 is 15.8 Å². The molecule has 0 unspecified atom stereocenters. The SMILES string of the molecule is NC(=NO)c1cc(F)ccc1N1CCCSCC1. The van der Waals surface area contributed by atoms with Gasteiger partial charge in [-0.1, -0.05) is 5.16 Å². The lowest BCUT2D eigenvalue weighted by molar-refractivity contribution is 0.318. The summed E-state index contributed by atoms with van der Waals surface area (Å²) in [4.78, 5) is 2.16. The van der Waals surface area contributed by atoms with Crippen molar-refractivity contribution in [2.24, 2.45) is 10.9 Å². The molecule has 3 N–H and O–H groups in total. The normalized spacial score (nSPS) is 17.6. The van der Waals surface area contributed by atoms with Crippen molar-refractivity contribution < 1.29 is 9.60 Å². The van der Waals surface area contributed by atoms with Crippen LogP contribution in [0.4, 0.5) is 10.1 Å². The largest absolute Gasteiger partial charge is 0.409 e. The maximum absolute atomic E-state index is 13.3. The highest BCUT2D eigenvalue weighted by molar-refractivity contribution is 7.99. The summed E-state index contributed by atoms with van der Waals surface area (Å²) in [5.74, 6) is 1.73. The van der Waals surface area contributed by atoms with Crippen LogP contribution in [-0.4, -0.2) is 35.6 Å². The molecule has 0 radical (unpaired) electrons. The van der Waals surface area contributed by atoms with Crippen molar-refractivity contribution in [2.75, 3.05) is 29.5 Å². The number of halogens is 1. The number of nitrogens with zero attached hydrogens (tertiary/aromatic N) is 2. The Morgan fingerprint density at radius 1 is 1.39 bits per heavy atom. The second kappa shape index (κ2) is 5.95. The van der Waals surface area contributed by atoms with E-state index in [1.54, 1.807) is 6.07 Å². The molecule has 1 aliphatic heterocycles. The highest BCUT2D eigenvalue weighted by Gasteiger charge is 2.16. The van der Waals surface area contributed by atoms with Gasteiger partial charge in [-0.15, -0.1) is 0 Å². The molecule has 18 heavy (non-hydrogen) atoms. The van der Waals surface area contributed by atoms with Crippen molar-refractivity contribution in [3.05, 3.63) is 29.6 Å². The fourth-order valence-corrected chi connectivity index (χ4v) is 2.92. The minimum absolute atomic E-state index is 0.0543. The third-order valence-corrected chi connectivity index (χ3v) is 3.95. The maximum Gasteiger partial charge on any atom is 0.172 e. The second-order valence-electron chi connectivity index (χ2n) is 4.10. The predicted molar refractivity (Wildman–Crippen MR) is 73.1 cm³/mol. The first-order valence-corrected chi connectivity index (χ1v) is 6.98. The third kappa shape index (κ3) is 2.87. The first kappa shape index (κ1) is 13.0. The molecule has 1 heterocycles. The molecule has 6 heteroatoms. The molecule has 2 rings (SSSR count). The Balaban J connectivity index is 2.36. The summed E-state index contributed by atoms with van der Waals surface area (Å²) in [6, 6.07) is 4.41. The zero-order chi connectivity index (χ0) is 13.0. The standard InChI is InChI=1S/C12H16FN3OS/c13-9-2-3-11(10(8-9)12(14)15-17)16-4-1-6-18-7-5-16/h2-3,8,17H,1,4-7H2,(H2,14,15). The van der Waals surface area contributed by atoms with Crippen molar-refractivity contribution in [3.8, 4) is 0 Å². The van der Waals surface area contributed by atoms with Gasteiger partial charge in [0.1, 0.15) is 5.82 Å². The Kier molecular flexibility index (Phi) is 4.30. The van der Waals surface area contributed by atoms with E-state index in [2.05, 4.69) is 10.1 Å². The first-order chi connectivity index (χ1) is 8.72. The van der Waals surface area contributed by atoms with Crippen LogP contribution in [0.2, 0.25) is 0 Å². The van der Waals surface area contributed by atoms with Crippen molar-refractivity contribution in [1.82, 2.24) is 0 Å². The molecule has 4 nitrogen and oxygen atoms in total.